The molecule has 0 radical (unpaired) electrons. The monoisotopic (exact) mass is 303 g/mol. The molecule has 3 nitrogen and oxygen atoms in total. The van der Waals surface area contributed by atoms with Gasteiger partial charge in [-0.3, -0.25) is 4.79 Å². The van der Waals surface area contributed by atoms with Gasteiger partial charge in [-0.15, -0.1) is 0 Å². The lowest BCUT2D eigenvalue weighted by Gasteiger charge is -2.32. The van der Waals surface area contributed by atoms with Crippen LogP contribution in [-0.2, 0) is 21.2 Å². The van der Waals surface area contributed by atoms with Gasteiger partial charge in [-0.1, -0.05) is 25.1 Å². The Bertz CT molecular complexity index is 488. The summed E-state index contributed by atoms with van der Waals surface area (Å²) in [5.41, 5.74) is -1.82. The van der Waals surface area contributed by atoms with Gasteiger partial charge >= 0.3 is 12.1 Å². The summed E-state index contributed by atoms with van der Waals surface area (Å²) in [4.78, 5) is 11.7. The zero-order valence-corrected chi connectivity index (χ0v) is 12.4. The highest BCUT2D eigenvalue weighted by Gasteiger charge is 2.40. The van der Waals surface area contributed by atoms with Crippen LogP contribution in [0.1, 0.15) is 38.3 Å². The highest BCUT2D eigenvalue weighted by molar-refractivity contribution is 5.71. The molecule has 0 amide bonds. The molecule has 0 fully saturated rings. The van der Waals surface area contributed by atoms with E-state index in [1.807, 2.05) is 0 Å². The fraction of sp³-hybridized carbons (Fsp3) is 0.533. The summed E-state index contributed by atoms with van der Waals surface area (Å²) in [6.45, 7) is 5.65. The normalized spacial score (nSPS) is 14.6. The zero-order valence-electron chi connectivity index (χ0n) is 12.4. The average Bonchev–Trinajstić information content (AvgIpc) is 2.38. The molecule has 0 saturated carbocycles. The lowest BCUT2D eigenvalue weighted by atomic mass is 9.85. The van der Waals surface area contributed by atoms with E-state index >= 15 is 0 Å². The van der Waals surface area contributed by atoms with E-state index in [0.29, 0.717) is 6.54 Å². The molecule has 0 spiro atoms. The first-order valence-corrected chi connectivity index (χ1v) is 6.82. The molecule has 0 bridgehead atoms. The number of carbonyl (C=O) groups is 1. The van der Waals surface area contributed by atoms with Crippen LogP contribution in [0.25, 0.3) is 0 Å². The molecule has 118 valence electrons. The third-order valence-electron chi connectivity index (χ3n) is 3.20. The van der Waals surface area contributed by atoms with Crippen molar-refractivity contribution in [1.29, 1.82) is 0 Å². The number of carbonyl (C=O) groups excluding carboxylic acids is 1. The van der Waals surface area contributed by atoms with Crippen LogP contribution < -0.4 is 5.32 Å². The fourth-order valence-electron chi connectivity index (χ4n) is 2.36. The van der Waals surface area contributed by atoms with Crippen LogP contribution in [0.4, 0.5) is 13.2 Å². The maximum absolute atomic E-state index is 13.2. The molecule has 0 saturated heterocycles. The second kappa shape index (κ2) is 6.93. The number of halogens is 3. The minimum atomic E-state index is -4.47. The Balaban J connectivity index is 3.25. The van der Waals surface area contributed by atoms with Crippen LogP contribution in [0, 0.1) is 0 Å². The maximum Gasteiger partial charge on any atom is 0.416 e. The minimum absolute atomic E-state index is 0.0485. The summed E-state index contributed by atoms with van der Waals surface area (Å²) >= 11 is 0. The Morgan fingerprint density at radius 2 is 1.76 bits per heavy atom. The van der Waals surface area contributed by atoms with Gasteiger partial charge in [0.2, 0.25) is 0 Å². The number of alkyl halides is 3. The smallest absolute Gasteiger partial charge is 0.416 e. The molecule has 1 aromatic rings. The molecule has 0 aliphatic heterocycles. The molecule has 1 rings (SSSR count). The van der Waals surface area contributed by atoms with Crippen molar-refractivity contribution in [2.45, 2.75) is 38.9 Å². The molecule has 21 heavy (non-hydrogen) atoms. The molecule has 1 atom stereocenters. The van der Waals surface area contributed by atoms with E-state index in [1.54, 1.807) is 20.8 Å². The van der Waals surface area contributed by atoms with Gasteiger partial charge in [-0.2, -0.15) is 13.2 Å². The van der Waals surface area contributed by atoms with Gasteiger partial charge in [-0.25, -0.2) is 0 Å². The maximum atomic E-state index is 13.2. The summed E-state index contributed by atoms with van der Waals surface area (Å²) in [6, 6.07) is 5.29. The zero-order chi connectivity index (χ0) is 16.1. The molecule has 6 heteroatoms. The van der Waals surface area contributed by atoms with E-state index < -0.39 is 23.2 Å². The van der Waals surface area contributed by atoms with Gasteiger partial charge in [0.25, 0.3) is 0 Å². The van der Waals surface area contributed by atoms with E-state index in [2.05, 4.69) is 5.32 Å². The van der Waals surface area contributed by atoms with Crippen molar-refractivity contribution in [2.75, 3.05) is 13.2 Å². The van der Waals surface area contributed by atoms with E-state index in [4.69, 9.17) is 4.74 Å². The molecule has 1 unspecified atom stereocenters. The van der Waals surface area contributed by atoms with E-state index in [-0.39, 0.29) is 18.6 Å². The third kappa shape index (κ3) is 4.46. The van der Waals surface area contributed by atoms with Crippen LogP contribution in [0.3, 0.4) is 0 Å². The summed E-state index contributed by atoms with van der Waals surface area (Å²) in [5.74, 6) is -0.530. The Kier molecular flexibility index (Phi) is 5.78. The highest BCUT2D eigenvalue weighted by Crippen LogP contribution is 2.38. The summed E-state index contributed by atoms with van der Waals surface area (Å²) in [6.07, 6.45) is -4.64. The lowest BCUT2D eigenvalue weighted by molar-refractivity contribution is -0.146. The molecule has 0 aliphatic carbocycles. The topological polar surface area (TPSA) is 38.3 Å². The minimum Gasteiger partial charge on any atom is -0.466 e. The van der Waals surface area contributed by atoms with Gasteiger partial charge in [0.15, 0.2) is 0 Å². The van der Waals surface area contributed by atoms with Crippen LogP contribution >= 0.6 is 0 Å². The number of esters is 1. The summed E-state index contributed by atoms with van der Waals surface area (Å²) in [5, 5.41) is 2.98. The van der Waals surface area contributed by atoms with Crippen molar-refractivity contribution in [3.63, 3.8) is 0 Å². The Hall–Kier alpha value is -1.56. The number of rotatable bonds is 6. The van der Waals surface area contributed by atoms with Crippen LogP contribution in [0.15, 0.2) is 24.3 Å². The average molecular weight is 303 g/mol. The molecule has 0 aromatic heterocycles. The standard InChI is InChI=1S/C15H20F3NO2/c1-4-19-14(3,10-13(20)21-5-2)11-8-6-7-9-12(11)15(16,17)18/h6-9,19H,4-5,10H2,1-3H3. The van der Waals surface area contributed by atoms with Crippen molar-refractivity contribution >= 4 is 5.97 Å². The van der Waals surface area contributed by atoms with Gasteiger partial charge < -0.3 is 10.1 Å². The predicted molar refractivity (Wildman–Crippen MR) is 73.7 cm³/mol. The van der Waals surface area contributed by atoms with E-state index in [9.17, 15) is 18.0 Å². The predicted octanol–water partition coefficient (Wildman–Crippen LogP) is 3.48. The first kappa shape index (κ1) is 17.5. The Morgan fingerprint density at radius 1 is 1.19 bits per heavy atom. The second-order valence-electron chi connectivity index (χ2n) is 4.89. The van der Waals surface area contributed by atoms with Crippen molar-refractivity contribution in [1.82, 2.24) is 5.32 Å². The fourth-order valence-corrected chi connectivity index (χ4v) is 2.36. The van der Waals surface area contributed by atoms with Crippen molar-refractivity contribution in [3.8, 4) is 0 Å². The number of nitrogens with one attached hydrogen (secondary N) is 1. The number of benzene rings is 1. The van der Waals surface area contributed by atoms with E-state index in [1.165, 1.54) is 18.2 Å². The van der Waals surface area contributed by atoms with Gasteiger partial charge in [0.1, 0.15) is 0 Å². The first-order valence-electron chi connectivity index (χ1n) is 6.82. The summed E-state index contributed by atoms with van der Waals surface area (Å²) < 4.78 is 44.4. The van der Waals surface area contributed by atoms with Gasteiger partial charge in [0, 0.05) is 0 Å². The Morgan fingerprint density at radius 3 is 2.24 bits per heavy atom. The molecular formula is C15H20F3NO2. The van der Waals surface area contributed by atoms with Crippen LogP contribution in [0.2, 0.25) is 0 Å². The SMILES string of the molecule is CCNC(C)(CC(=O)OCC)c1ccccc1C(F)(F)F. The number of hydrogen-bond acceptors (Lipinski definition) is 3. The molecule has 1 N–H and O–H groups in total. The molecule has 1 aromatic carbocycles. The molecule has 0 heterocycles. The largest absolute Gasteiger partial charge is 0.466 e. The highest BCUT2D eigenvalue weighted by atomic mass is 19.4. The quantitative estimate of drug-likeness (QED) is 0.818. The van der Waals surface area contributed by atoms with Crippen molar-refractivity contribution in [2.24, 2.45) is 0 Å². The van der Waals surface area contributed by atoms with Crippen molar-refractivity contribution in [3.05, 3.63) is 35.4 Å². The van der Waals surface area contributed by atoms with Crippen molar-refractivity contribution < 1.29 is 22.7 Å². The number of ether oxygens (including phenoxy) is 1. The van der Waals surface area contributed by atoms with E-state index in [0.717, 1.165) is 6.07 Å². The first-order chi connectivity index (χ1) is 9.74. The van der Waals surface area contributed by atoms with Crippen LogP contribution in [0.5, 0.6) is 0 Å². The van der Waals surface area contributed by atoms with Gasteiger partial charge in [-0.05, 0) is 32.0 Å². The third-order valence-corrected chi connectivity index (χ3v) is 3.20. The van der Waals surface area contributed by atoms with Gasteiger partial charge in [0.05, 0.1) is 24.1 Å². The van der Waals surface area contributed by atoms with Crippen LogP contribution in [-0.4, -0.2) is 19.1 Å². The lowest BCUT2D eigenvalue weighted by Crippen LogP contribution is -2.43. The molecule has 0 aliphatic rings. The summed E-state index contributed by atoms with van der Waals surface area (Å²) in [7, 11) is 0. The Labute approximate surface area is 122 Å². The number of hydrogen-bond donors (Lipinski definition) is 1. The molecular weight excluding hydrogens is 283 g/mol. The second-order valence-corrected chi connectivity index (χ2v) is 4.89.